The highest BCUT2D eigenvalue weighted by Gasteiger charge is 2.21. The van der Waals surface area contributed by atoms with Crippen LogP contribution in [0.15, 0.2) is 0 Å². The lowest BCUT2D eigenvalue weighted by Gasteiger charge is -2.20. The molecule has 0 aromatic heterocycles. The zero-order valence-electron chi connectivity index (χ0n) is 9.80. The summed E-state index contributed by atoms with van der Waals surface area (Å²) in [6.07, 6.45) is 8.12. The molecule has 0 radical (unpaired) electrons. The van der Waals surface area contributed by atoms with Crippen LogP contribution < -0.4 is 11.1 Å². The highest BCUT2D eigenvalue weighted by molar-refractivity contribution is 5.81. The Labute approximate surface area is 92.8 Å². The fourth-order valence-corrected chi connectivity index (χ4v) is 2.27. The van der Waals surface area contributed by atoms with Crippen molar-refractivity contribution in [3.05, 3.63) is 0 Å². The molecule has 15 heavy (non-hydrogen) atoms. The molecule has 0 amide bonds. The Bertz CT molecular complexity index is 188. The molecule has 0 spiro atoms. The molecule has 0 aromatic rings. The maximum absolute atomic E-state index is 11.4. The van der Waals surface area contributed by atoms with E-state index in [-0.39, 0.29) is 11.8 Å². The monoisotopic (exact) mass is 212 g/mol. The van der Waals surface area contributed by atoms with E-state index in [0.29, 0.717) is 6.04 Å². The van der Waals surface area contributed by atoms with E-state index in [1.165, 1.54) is 25.7 Å². The molecule has 1 aliphatic carbocycles. The molecule has 0 saturated heterocycles. The van der Waals surface area contributed by atoms with Crippen LogP contribution in [0.25, 0.3) is 0 Å². The smallest absolute Gasteiger partial charge is 0.146 e. The number of hydrogen-bond acceptors (Lipinski definition) is 3. The first-order valence-electron chi connectivity index (χ1n) is 6.20. The first-order valence-corrected chi connectivity index (χ1v) is 6.20. The van der Waals surface area contributed by atoms with Gasteiger partial charge in [-0.3, -0.25) is 4.79 Å². The number of carbonyl (C=O) groups is 1. The third-order valence-electron chi connectivity index (χ3n) is 3.23. The lowest BCUT2D eigenvalue weighted by molar-refractivity contribution is -0.119. The van der Waals surface area contributed by atoms with Gasteiger partial charge in [0.15, 0.2) is 0 Å². The van der Waals surface area contributed by atoms with Gasteiger partial charge < -0.3 is 11.1 Å². The molecule has 3 nitrogen and oxygen atoms in total. The third kappa shape index (κ3) is 4.76. The number of rotatable bonds is 7. The molecule has 1 unspecified atom stereocenters. The van der Waals surface area contributed by atoms with E-state index in [1.54, 1.807) is 6.92 Å². The fraction of sp³-hybridized carbons (Fsp3) is 0.917. The van der Waals surface area contributed by atoms with E-state index in [2.05, 4.69) is 5.32 Å². The van der Waals surface area contributed by atoms with Crippen molar-refractivity contribution in [2.75, 3.05) is 6.54 Å². The van der Waals surface area contributed by atoms with Crippen molar-refractivity contribution in [3.8, 4) is 0 Å². The molecule has 3 heteroatoms. The second-order valence-electron chi connectivity index (χ2n) is 4.60. The first-order chi connectivity index (χ1) is 7.24. The van der Waals surface area contributed by atoms with Crippen molar-refractivity contribution in [1.82, 2.24) is 5.32 Å². The van der Waals surface area contributed by atoms with Crippen molar-refractivity contribution in [2.24, 2.45) is 5.73 Å². The largest absolute Gasteiger partial charge is 0.330 e. The summed E-state index contributed by atoms with van der Waals surface area (Å²) in [5.74, 6) is 0.277. The summed E-state index contributed by atoms with van der Waals surface area (Å²) in [5, 5.41) is 3.48. The molecule has 0 bridgehead atoms. The van der Waals surface area contributed by atoms with Crippen LogP contribution in [0.3, 0.4) is 0 Å². The summed E-state index contributed by atoms with van der Waals surface area (Å²) in [5.41, 5.74) is 5.45. The second kappa shape index (κ2) is 6.96. The maximum atomic E-state index is 11.4. The number of hydrogen-bond donors (Lipinski definition) is 2. The van der Waals surface area contributed by atoms with Crippen LogP contribution in [-0.4, -0.2) is 24.4 Å². The van der Waals surface area contributed by atoms with Crippen LogP contribution >= 0.6 is 0 Å². The normalized spacial score (nSPS) is 19.3. The first kappa shape index (κ1) is 12.7. The molecular weight excluding hydrogens is 188 g/mol. The number of Topliss-reactive ketones (excluding diaryl/α,β-unsaturated/α-hetero) is 1. The van der Waals surface area contributed by atoms with E-state index in [4.69, 9.17) is 5.73 Å². The minimum absolute atomic E-state index is 0.0691. The van der Waals surface area contributed by atoms with Gasteiger partial charge in [-0.05, 0) is 39.2 Å². The summed E-state index contributed by atoms with van der Waals surface area (Å²) < 4.78 is 0. The molecule has 0 aromatic carbocycles. The molecule has 1 saturated carbocycles. The predicted molar refractivity (Wildman–Crippen MR) is 62.8 cm³/mol. The van der Waals surface area contributed by atoms with Gasteiger partial charge in [0.05, 0.1) is 6.04 Å². The topological polar surface area (TPSA) is 55.1 Å². The molecular formula is C12H24N2O. The van der Waals surface area contributed by atoms with Crippen LogP contribution in [0.2, 0.25) is 0 Å². The fourth-order valence-electron chi connectivity index (χ4n) is 2.27. The Hall–Kier alpha value is -0.410. The van der Waals surface area contributed by atoms with Gasteiger partial charge in [-0.25, -0.2) is 0 Å². The zero-order chi connectivity index (χ0) is 11.1. The third-order valence-corrected chi connectivity index (χ3v) is 3.23. The number of nitrogens with two attached hydrogens (primary N) is 1. The summed E-state index contributed by atoms with van der Waals surface area (Å²) in [6.45, 7) is 2.42. The molecule has 1 aliphatic rings. The number of ketones is 1. The van der Waals surface area contributed by atoms with E-state index in [0.717, 1.165) is 25.8 Å². The van der Waals surface area contributed by atoms with E-state index >= 15 is 0 Å². The Morgan fingerprint density at radius 2 is 2.07 bits per heavy atom. The Morgan fingerprint density at radius 1 is 1.40 bits per heavy atom. The second-order valence-corrected chi connectivity index (χ2v) is 4.60. The number of nitrogens with one attached hydrogen (secondary N) is 1. The Balaban J connectivity index is 2.26. The van der Waals surface area contributed by atoms with Gasteiger partial charge in [-0.1, -0.05) is 19.3 Å². The van der Waals surface area contributed by atoms with Crippen LogP contribution in [0.1, 0.15) is 51.9 Å². The summed E-state index contributed by atoms with van der Waals surface area (Å²) in [4.78, 5) is 11.4. The number of carbonyl (C=O) groups excluding carboxylic acids is 1. The van der Waals surface area contributed by atoms with Crippen molar-refractivity contribution in [3.63, 3.8) is 0 Å². The minimum atomic E-state index is 0.0691. The molecule has 0 heterocycles. The van der Waals surface area contributed by atoms with E-state index in [1.807, 2.05) is 0 Å². The van der Waals surface area contributed by atoms with Gasteiger partial charge in [0, 0.05) is 6.04 Å². The van der Waals surface area contributed by atoms with Gasteiger partial charge in [0.25, 0.3) is 0 Å². The molecule has 1 rings (SSSR count). The van der Waals surface area contributed by atoms with Gasteiger partial charge in [-0.15, -0.1) is 0 Å². The Morgan fingerprint density at radius 3 is 2.60 bits per heavy atom. The van der Waals surface area contributed by atoms with Crippen molar-refractivity contribution < 1.29 is 4.79 Å². The zero-order valence-corrected chi connectivity index (χ0v) is 9.80. The van der Waals surface area contributed by atoms with E-state index in [9.17, 15) is 4.79 Å². The molecule has 88 valence electrons. The van der Waals surface area contributed by atoms with Crippen LogP contribution in [0, 0.1) is 0 Å². The van der Waals surface area contributed by atoms with Gasteiger partial charge in [0.1, 0.15) is 5.78 Å². The minimum Gasteiger partial charge on any atom is -0.330 e. The SMILES string of the molecule is CC(=O)C(CCCCN)NC1CCCC1. The van der Waals surface area contributed by atoms with E-state index < -0.39 is 0 Å². The maximum Gasteiger partial charge on any atom is 0.146 e. The van der Waals surface area contributed by atoms with Crippen LogP contribution in [0.4, 0.5) is 0 Å². The standard InChI is InChI=1S/C12H24N2O/c1-10(15)12(8-4-5-9-13)14-11-6-2-3-7-11/h11-12,14H,2-9,13H2,1H3. The van der Waals surface area contributed by atoms with Crippen LogP contribution in [0.5, 0.6) is 0 Å². The lowest BCUT2D eigenvalue weighted by atomic mass is 10.0. The van der Waals surface area contributed by atoms with Crippen molar-refractivity contribution >= 4 is 5.78 Å². The molecule has 0 aliphatic heterocycles. The average molecular weight is 212 g/mol. The molecule has 1 fully saturated rings. The summed E-state index contributed by atoms with van der Waals surface area (Å²) >= 11 is 0. The molecule has 3 N–H and O–H groups in total. The predicted octanol–water partition coefficient (Wildman–Crippen LogP) is 1.61. The van der Waals surface area contributed by atoms with Gasteiger partial charge in [0.2, 0.25) is 0 Å². The lowest BCUT2D eigenvalue weighted by Crippen LogP contribution is -2.41. The van der Waals surface area contributed by atoms with Crippen molar-refractivity contribution in [1.29, 1.82) is 0 Å². The van der Waals surface area contributed by atoms with Gasteiger partial charge >= 0.3 is 0 Å². The van der Waals surface area contributed by atoms with Crippen LogP contribution in [-0.2, 0) is 4.79 Å². The quantitative estimate of drug-likeness (QED) is 0.630. The summed E-state index contributed by atoms with van der Waals surface area (Å²) in [6, 6.07) is 0.649. The highest BCUT2D eigenvalue weighted by Crippen LogP contribution is 2.19. The highest BCUT2D eigenvalue weighted by atomic mass is 16.1. The van der Waals surface area contributed by atoms with Gasteiger partial charge in [-0.2, -0.15) is 0 Å². The number of unbranched alkanes of at least 4 members (excludes halogenated alkanes) is 1. The average Bonchev–Trinajstić information content (AvgIpc) is 2.69. The van der Waals surface area contributed by atoms with Crippen molar-refractivity contribution in [2.45, 2.75) is 64.0 Å². The summed E-state index contributed by atoms with van der Waals surface area (Å²) in [7, 11) is 0. The molecule has 1 atom stereocenters. The Kier molecular flexibility index (Phi) is 5.88.